The molecule has 0 radical (unpaired) electrons. The second-order valence-electron chi connectivity index (χ2n) is 19.2. The number of carbonyl (C=O) groups excluding carboxylic acids is 3. The van der Waals surface area contributed by atoms with Gasteiger partial charge in [-0.25, -0.2) is 4.98 Å². The summed E-state index contributed by atoms with van der Waals surface area (Å²) < 4.78 is 0. The minimum Gasteiger partial charge on any atom is -0.481 e. The van der Waals surface area contributed by atoms with Gasteiger partial charge in [-0.15, -0.1) is 0 Å². The molecule has 0 spiro atoms. The first-order valence-electron chi connectivity index (χ1n) is 19.9. The third-order valence-corrected chi connectivity index (χ3v) is 16.5. The van der Waals surface area contributed by atoms with Gasteiger partial charge in [0.05, 0.1) is 5.92 Å². The Bertz CT molecular complexity index is 1580. The Balaban J connectivity index is 1.10. The van der Waals surface area contributed by atoms with E-state index < -0.39 is 5.97 Å². The number of aliphatic carboxylic acids is 1. The molecule has 5 fully saturated rings. The quantitative estimate of drug-likeness (QED) is 0.241. The largest absolute Gasteiger partial charge is 0.481 e. The fourth-order valence-electron chi connectivity index (χ4n) is 14.0. The Morgan fingerprint density at radius 2 is 1.72 bits per heavy atom. The van der Waals surface area contributed by atoms with Crippen molar-refractivity contribution >= 4 is 23.4 Å². The van der Waals surface area contributed by atoms with Gasteiger partial charge in [0.1, 0.15) is 5.78 Å². The van der Waals surface area contributed by atoms with Crippen molar-refractivity contribution in [3.63, 3.8) is 0 Å². The number of carboxylic acids is 1. The number of carbonyl (C=O) groups is 4. The lowest BCUT2D eigenvalue weighted by Gasteiger charge is -2.69. The van der Waals surface area contributed by atoms with Crippen LogP contribution in [-0.4, -0.2) is 45.1 Å². The summed E-state index contributed by atoms with van der Waals surface area (Å²) in [5.41, 5.74) is 2.87. The van der Waals surface area contributed by atoms with E-state index in [2.05, 4.69) is 56.8 Å². The van der Waals surface area contributed by atoms with Crippen molar-refractivity contribution < 1.29 is 24.3 Å². The number of amides is 1. The molecular formula is C42H61N3O5. The second kappa shape index (κ2) is 12.4. The van der Waals surface area contributed by atoms with Gasteiger partial charge < -0.3 is 15.4 Å². The lowest BCUT2D eigenvalue weighted by atomic mass is 9.35. The van der Waals surface area contributed by atoms with Crippen molar-refractivity contribution in [1.82, 2.24) is 15.3 Å². The summed E-state index contributed by atoms with van der Waals surface area (Å²) in [7, 11) is 0. The minimum absolute atomic E-state index is 0.0486. The van der Waals surface area contributed by atoms with Gasteiger partial charge in [-0.1, -0.05) is 54.0 Å². The highest BCUT2D eigenvalue weighted by Crippen LogP contribution is 2.74. The van der Waals surface area contributed by atoms with E-state index in [1.54, 1.807) is 12.4 Å². The highest BCUT2D eigenvalue weighted by molar-refractivity contribution is 6.00. The molecule has 8 heteroatoms. The number of aromatic amines is 1. The molecule has 0 saturated heterocycles. The van der Waals surface area contributed by atoms with Gasteiger partial charge in [0.15, 0.2) is 11.6 Å². The number of Topliss-reactive ketones (excluding diaryl/α,β-unsaturated/α-hetero) is 2. The van der Waals surface area contributed by atoms with Crippen molar-refractivity contribution in [3.8, 4) is 0 Å². The number of H-pyrrole nitrogens is 1. The number of imidazole rings is 1. The average molecular weight is 688 g/mol. The zero-order chi connectivity index (χ0) is 36.0. The average Bonchev–Trinajstić information content (AvgIpc) is 3.68. The molecule has 8 nitrogen and oxygen atoms in total. The molecule has 1 amide bonds. The summed E-state index contributed by atoms with van der Waals surface area (Å²) in [5, 5.41) is 12.6. The van der Waals surface area contributed by atoms with Gasteiger partial charge in [-0.3, -0.25) is 19.2 Å². The molecule has 5 saturated carbocycles. The molecule has 0 aromatic carbocycles. The molecule has 6 aliphatic carbocycles. The maximum Gasteiger partial charge on any atom is 0.306 e. The number of fused-ring (bicyclic) bond motifs is 7. The molecule has 50 heavy (non-hydrogen) atoms. The highest BCUT2D eigenvalue weighted by atomic mass is 16.4. The van der Waals surface area contributed by atoms with E-state index in [1.807, 2.05) is 6.92 Å². The first-order valence-corrected chi connectivity index (χ1v) is 19.9. The maximum absolute atomic E-state index is 13.8. The van der Waals surface area contributed by atoms with Gasteiger partial charge >= 0.3 is 5.97 Å². The van der Waals surface area contributed by atoms with E-state index in [-0.39, 0.29) is 51.2 Å². The van der Waals surface area contributed by atoms with Crippen LogP contribution >= 0.6 is 0 Å². The number of nitrogens with zero attached hydrogens (tertiary/aromatic N) is 1. The van der Waals surface area contributed by atoms with Crippen molar-refractivity contribution in [3.05, 3.63) is 29.4 Å². The molecule has 0 bridgehead atoms. The Kier molecular flexibility index (Phi) is 8.86. The Morgan fingerprint density at radius 1 is 0.980 bits per heavy atom. The predicted octanol–water partition coefficient (Wildman–Crippen LogP) is 8.05. The van der Waals surface area contributed by atoms with Crippen LogP contribution in [0.1, 0.15) is 136 Å². The normalized spacial score (nSPS) is 41.8. The first kappa shape index (κ1) is 35.6. The zero-order valence-electron chi connectivity index (χ0n) is 31.6. The van der Waals surface area contributed by atoms with E-state index in [0.717, 1.165) is 44.1 Å². The van der Waals surface area contributed by atoms with Crippen molar-refractivity contribution in [2.45, 2.75) is 126 Å². The molecule has 0 aliphatic heterocycles. The van der Waals surface area contributed by atoms with Crippen LogP contribution in [0.4, 0.5) is 0 Å². The van der Waals surface area contributed by atoms with Crippen molar-refractivity contribution in [2.24, 2.45) is 74.9 Å². The Morgan fingerprint density at radius 3 is 2.38 bits per heavy atom. The third-order valence-electron chi connectivity index (χ3n) is 16.5. The number of carboxylic acid groups (broad SMARTS) is 1. The summed E-state index contributed by atoms with van der Waals surface area (Å²) in [4.78, 5) is 58.7. The third kappa shape index (κ3) is 5.30. The van der Waals surface area contributed by atoms with E-state index >= 15 is 0 Å². The maximum atomic E-state index is 13.8. The fourth-order valence-corrected chi connectivity index (χ4v) is 14.0. The number of ketones is 2. The number of allylic oxidation sites excluding steroid dienone is 2. The van der Waals surface area contributed by atoms with Crippen LogP contribution in [0.25, 0.3) is 0 Å². The summed E-state index contributed by atoms with van der Waals surface area (Å²) in [6.07, 6.45) is 14.8. The number of hydrogen-bond acceptors (Lipinski definition) is 5. The smallest absolute Gasteiger partial charge is 0.306 e. The fraction of sp³-hybridized carbons (Fsp3) is 0.786. The minimum atomic E-state index is -0.759. The molecule has 7 rings (SSSR count). The summed E-state index contributed by atoms with van der Waals surface area (Å²) in [6, 6.07) is 0. The standard InChI is InChI=1S/C42H61N3O5/c1-23(2)34-31(47)22-42(16-17-45-37(48)36-43-18-19-44-36)15-11-29-26(35(34)42)8-9-33-40(29,6)14-12-32-39(4,5)25(10-13-41(32,33)7)20-30(46)27-21-28(24(27)3)38(49)50/h18-19,23-29,32-33H,8-17,20-22H2,1-7H3,(H,43,44)(H,45,48)(H,49,50). The molecule has 1 heterocycles. The van der Waals surface area contributed by atoms with Gasteiger partial charge in [0.2, 0.25) is 0 Å². The van der Waals surface area contributed by atoms with Crippen LogP contribution in [-0.2, 0) is 14.4 Å². The van der Waals surface area contributed by atoms with Gasteiger partial charge in [-0.05, 0) is 127 Å². The monoisotopic (exact) mass is 687 g/mol. The summed E-state index contributed by atoms with van der Waals surface area (Å²) >= 11 is 0. The highest BCUT2D eigenvalue weighted by Gasteiger charge is 2.66. The van der Waals surface area contributed by atoms with Crippen LogP contribution in [0.5, 0.6) is 0 Å². The van der Waals surface area contributed by atoms with E-state index in [1.165, 1.54) is 24.8 Å². The summed E-state index contributed by atoms with van der Waals surface area (Å²) in [6.45, 7) is 17.0. The lowest BCUT2D eigenvalue weighted by Crippen LogP contribution is -2.62. The molecule has 274 valence electrons. The summed E-state index contributed by atoms with van der Waals surface area (Å²) in [5.74, 6) is 2.19. The van der Waals surface area contributed by atoms with Crippen LogP contribution in [0, 0.1) is 74.9 Å². The van der Waals surface area contributed by atoms with E-state index in [9.17, 15) is 24.3 Å². The van der Waals surface area contributed by atoms with E-state index in [0.29, 0.717) is 72.8 Å². The van der Waals surface area contributed by atoms with Crippen LogP contribution in [0.3, 0.4) is 0 Å². The number of nitrogens with one attached hydrogen (secondary N) is 2. The van der Waals surface area contributed by atoms with Crippen molar-refractivity contribution in [2.75, 3.05) is 6.54 Å². The zero-order valence-corrected chi connectivity index (χ0v) is 31.6. The SMILES string of the molecule is CC(C)C1=C2C3CCC4C(C)(CCC5C(C)(C)C(CC(=O)C6CC(C(=O)O)C6C)CCC54C)C3CCC2(CCNC(=O)c2ncc[nH]2)CC1=O. The van der Waals surface area contributed by atoms with Crippen LogP contribution < -0.4 is 5.32 Å². The molecule has 1 aromatic heterocycles. The van der Waals surface area contributed by atoms with E-state index in [4.69, 9.17) is 0 Å². The van der Waals surface area contributed by atoms with Crippen LogP contribution in [0.15, 0.2) is 23.5 Å². The predicted molar refractivity (Wildman–Crippen MR) is 192 cm³/mol. The molecular weight excluding hydrogens is 626 g/mol. The molecule has 3 N–H and O–H groups in total. The van der Waals surface area contributed by atoms with Gasteiger partial charge in [0.25, 0.3) is 5.91 Å². The molecule has 11 unspecified atom stereocenters. The lowest BCUT2D eigenvalue weighted by molar-refractivity contribution is -0.193. The number of aromatic nitrogens is 2. The topological polar surface area (TPSA) is 129 Å². The molecule has 11 atom stereocenters. The second-order valence-corrected chi connectivity index (χ2v) is 19.2. The van der Waals surface area contributed by atoms with Gasteiger partial charge in [0, 0.05) is 43.1 Å². The first-order chi connectivity index (χ1) is 23.5. The molecule has 6 aliphatic rings. The Hall–Kier alpha value is -2.77. The van der Waals surface area contributed by atoms with Crippen molar-refractivity contribution in [1.29, 1.82) is 0 Å². The number of rotatable bonds is 9. The van der Waals surface area contributed by atoms with Gasteiger partial charge in [-0.2, -0.15) is 0 Å². The van der Waals surface area contributed by atoms with Crippen LogP contribution in [0.2, 0.25) is 0 Å². The number of hydrogen-bond donors (Lipinski definition) is 3. The molecule has 1 aromatic rings. The Labute approximate surface area is 298 Å².